The maximum atomic E-state index is 13.2. The molecular formula is C15H13F2N5. The Kier molecular flexibility index (Phi) is 3.54. The molecule has 2 aromatic heterocycles. The summed E-state index contributed by atoms with van der Waals surface area (Å²) in [6.45, 7) is 1.75. The maximum Gasteiger partial charge on any atom is 0.224 e. The molecule has 0 atom stereocenters. The fraction of sp³-hybridized carbons (Fsp3) is 0.133. The molecule has 1 N–H and O–H groups in total. The first kappa shape index (κ1) is 14.1. The van der Waals surface area contributed by atoms with Gasteiger partial charge in [-0.05, 0) is 31.2 Å². The number of aromatic nitrogens is 3. The number of hydrogen-bond acceptors (Lipinski definition) is 4. The number of imidazole rings is 1. The second kappa shape index (κ2) is 5.51. The Morgan fingerprint density at radius 1 is 1.18 bits per heavy atom. The van der Waals surface area contributed by atoms with Crippen molar-refractivity contribution in [3.63, 3.8) is 0 Å². The Morgan fingerprint density at radius 3 is 2.68 bits per heavy atom. The van der Waals surface area contributed by atoms with Crippen LogP contribution in [0.5, 0.6) is 0 Å². The van der Waals surface area contributed by atoms with Gasteiger partial charge in [0.25, 0.3) is 0 Å². The molecule has 22 heavy (non-hydrogen) atoms. The quantitative estimate of drug-likeness (QED) is 0.597. The fourth-order valence-electron chi connectivity index (χ4n) is 2.05. The Hall–Kier alpha value is -2.83. The summed E-state index contributed by atoms with van der Waals surface area (Å²) in [6.07, 6.45) is 1.13. The van der Waals surface area contributed by atoms with E-state index in [4.69, 9.17) is 0 Å². The van der Waals surface area contributed by atoms with Crippen LogP contribution in [-0.4, -0.2) is 20.2 Å². The lowest BCUT2D eigenvalue weighted by atomic mass is 10.2. The Balaban J connectivity index is 1.88. The normalized spacial score (nSPS) is 11.9. The van der Waals surface area contributed by atoms with Gasteiger partial charge in [0, 0.05) is 13.1 Å². The Morgan fingerprint density at radius 2 is 1.95 bits per heavy atom. The van der Waals surface area contributed by atoms with Crippen molar-refractivity contribution >= 4 is 22.7 Å². The van der Waals surface area contributed by atoms with Crippen molar-refractivity contribution in [1.29, 1.82) is 0 Å². The highest BCUT2D eigenvalue weighted by Gasteiger charge is 2.08. The largest absolute Gasteiger partial charge is 0.312 e. The third-order valence-corrected chi connectivity index (χ3v) is 3.26. The number of pyridine rings is 1. The zero-order chi connectivity index (χ0) is 15.7. The highest BCUT2D eigenvalue weighted by atomic mass is 19.1. The fourth-order valence-corrected chi connectivity index (χ4v) is 2.05. The molecule has 0 aliphatic rings. The molecule has 0 aliphatic carbocycles. The number of aryl methyl sites for hydroxylation is 1. The highest BCUT2D eigenvalue weighted by Crippen LogP contribution is 2.19. The van der Waals surface area contributed by atoms with Gasteiger partial charge in [-0.1, -0.05) is 0 Å². The summed E-state index contributed by atoms with van der Waals surface area (Å²) in [5.41, 5.74) is 5.28. The topological polar surface area (TPSA) is 55.1 Å². The number of nitrogens with zero attached hydrogens (tertiary/aromatic N) is 4. The molecule has 0 aliphatic heterocycles. The molecule has 0 saturated heterocycles. The number of rotatable bonds is 3. The molecule has 7 heteroatoms. The van der Waals surface area contributed by atoms with Crippen LogP contribution in [0.4, 0.5) is 14.7 Å². The van der Waals surface area contributed by atoms with Gasteiger partial charge in [-0.25, -0.2) is 19.2 Å². The molecule has 0 amide bonds. The van der Waals surface area contributed by atoms with Crippen LogP contribution in [0.3, 0.4) is 0 Å². The van der Waals surface area contributed by atoms with Gasteiger partial charge in [-0.2, -0.15) is 5.10 Å². The standard InChI is InChI=1S/C15H13F2N5/c1-9(12-5-3-11(17)8-18-12)20-21-15-19-13-7-10(16)4-6-14(13)22(15)2/h3-8H,1-2H3,(H,19,21)/b20-9+. The predicted molar refractivity (Wildman–Crippen MR) is 80.7 cm³/mol. The van der Waals surface area contributed by atoms with E-state index in [0.717, 1.165) is 11.7 Å². The van der Waals surface area contributed by atoms with E-state index in [9.17, 15) is 8.78 Å². The van der Waals surface area contributed by atoms with Crippen molar-refractivity contribution in [1.82, 2.24) is 14.5 Å². The van der Waals surface area contributed by atoms with Crippen molar-refractivity contribution in [2.75, 3.05) is 5.43 Å². The third-order valence-electron chi connectivity index (χ3n) is 3.26. The minimum absolute atomic E-state index is 0.340. The molecule has 3 rings (SSSR count). The van der Waals surface area contributed by atoms with E-state index in [0.29, 0.717) is 22.9 Å². The zero-order valence-corrected chi connectivity index (χ0v) is 12.0. The van der Waals surface area contributed by atoms with Crippen LogP contribution in [0.15, 0.2) is 41.6 Å². The number of benzene rings is 1. The van der Waals surface area contributed by atoms with Gasteiger partial charge in [-0.3, -0.25) is 4.98 Å². The summed E-state index contributed by atoms with van der Waals surface area (Å²) in [4.78, 5) is 8.22. The molecule has 112 valence electrons. The number of hydrogen-bond donors (Lipinski definition) is 1. The lowest BCUT2D eigenvalue weighted by molar-refractivity contribution is 0.621. The number of halogens is 2. The van der Waals surface area contributed by atoms with Gasteiger partial charge in [0.1, 0.15) is 11.6 Å². The lowest BCUT2D eigenvalue weighted by Gasteiger charge is -2.03. The molecule has 0 radical (unpaired) electrons. The van der Waals surface area contributed by atoms with Gasteiger partial charge < -0.3 is 4.57 Å². The first-order valence-electron chi connectivity index (χ1n) is 6.59. The second-order valence-corrected chi connectivity index (χ2v) is 4.80. The van der Waals surface area contributed by atoms with E-state index < -0.39 is 5.82 Å². The molecule has 0 bridgehead atoms. The average Bonchev–Trinajstić information content (AvgIpc) is 2.81. The molecule has 3 aromatic rings. The summed E-state index contributed by atoms with van der Waals surface area (Å²) in [7, 11) is 1.80. The van der Waals surface area contributed by atoms with Crippen LogP contribution in [0, 0.1) is 11.6 Å². The minimum Gasteiger partial charge on any atom is -0.312 e. The molecule has 0 unspecified atom stereocenters. The number of nitrogens with one attached hydrogen (secondary N) is 1. The second-order valence-electron chi connectivity index (χ2n) is 4.80. The summed E-state index contributed by atoms with van der Waals surface area (Å²) in [5.74, 6) is -0.267. The maximum absolute atomic E-state index is 13.2. The SMILES string of the molecule is C/C(=N\Nc1nc2cc(F)ccc2n1C)c1ccc(F)cn1. The van der Waals surface area contributed by atoms with Crippen LogP contribution in [-0.2, 0) is 7.05 Å². The van der Waals surface area contributed by atoms with Gasteiger partial charge in [0.05, 0.1) is 28.6 Å². The molecular weight excluding hydrogens is 288 g/mol. The van der Waals surface area contributed by atoms with Gasteiger partial charge >= 0.3 is 0 Å². The highest BCUT2D eigenvalue weighted by molar-refractivity contribution is 5.97. The zero-order valence-electron chi connectivity index (χ0n) is 12.0. The smallest absolute Gasteiger partial charge is 0.224 e. The van der Waals surface area contributed by atoms with Gasteiger partial charge in [0.15, 0.2) is 0 Å². The summed E-state index contributed by atoms with van der Waals surface area (Å²) in [5, 5.41) is 4.18. The van der Waals surface area contributed by atoms with E-state index in [2.05, 4.69) is 20.5 Å². The number of hydrazone groups is 1. The van der Waals surface area contributed by atoms with Crippen molar-refractivity contribution in [3.8, 4) is 0 Å². The molecule has 0 spiro atoms. The summed E-state index contributed by atoms with van der Waals surface area (Å²) >= 11 is 0. The Bertz CT molecular complexity index is 852. The van der Waals surface area contributed by atoms with Crippen LogP contribution in [0.25, 0.3) is 11.0 Å². The minimum atomic E-state index is -0.401. The Labute approximate surface area is 125 Å². The third kappa shape index (κ3) is 2.65. The molecule has 5 nitrogen and oxygen atoms in total. The molecule has 1 aromatic carbocycles. The van der Waals surface area contributed by atoms with Crippen LogP contribution in [0.2, 0.25) is 0 Å². The number of anilines is 1. The average molecular weight is 301 g/mol. The van der Waals surface area contributed by atoms with E-state index in [1.165, 1.54) is 18.2 Å². The van der Waals surface area contributed by atoms with Gasteiger partial charge in [0.2, 0.25) is 5.95 Å². The summed E-state index contributed by atoms with van der Waals surface area (Å²) in [6, 6.07) is 7.25. The van der Waals surface area contributed by atoms with Crippen LogP contribution >= 0.6 is 0 Å². The van der Waals surface area contributed by atoms with E-state index in [1.807, 2.05) is 0 Å². The van der Waals surface area contributed by atoms with Crippen LogP contribution in [0.1, 0.15) is 12.6 Å². The first-order valence-corrected chi connectivity index (χ1v) is 6.59. The summed E-state index contributed by atoms with van der Waals surface area (Å²) < 4.78 is 27.8. The van der Waals surface area contributed by atoms with E-state index in [-0.39, 0.29) is 5.82 Å². The van der Waals surface area contributed by atoms with Gasteiger partial charge in [-0.15, -0.1) is 0 Å². The first-order chi connectivity index (χ1) is 10.5. The van der Waals surface area contributed by atoms with E-state index >= 15 is 0 Å². The van der Waals surface area contributed by atoms with Crippen molar-refractivity contribution < 1.29 is 8.78 Å². The molecule has 2 heterocycles. The molecule has 0 fully saturated rings. The van der Waals surface area contributed by atoms with Crippen LogP contribution < -0.4 is 5.43 Å². The van der Waals surface area contributed by atoms with Crippen molar-refractivity contribution in [2.24, 2.45) is 12.1 Å². The van der Waals surface area contributed by atoms with E-state index in [1.54, 1.807) is 30.7 Å². The lowest BCUT2D eigenvalue weighted by Crippen LogP contribution is -2.05. The monoisotopic (exact) mass is 301 g/mol. The van der Waals surface area contributed by atoms with Crippen molar-refractivity contribution in [3.05, 3.63) is 53.9 Å². The predicted octanol–water partition coefficient (Wildman–Crippen LogP) is 3.08. The van der Waals surface area contributed by atoms with Crippen molar-refractivity contribution in [2.45, 2.75) is 6.92 Å². The molecule has 0 saturated carbocycles. The number of fused-ring (bicyclic) bond motifs is 1.